The maximum Gasteiger partial charge on any atom is 0.252 e. The Kier molecular flexibility index (Phi) is 4.01. The lowest BCUT2D eigenvalue weighted by Gasteiger charge is -2.30. The lowest BCUT2D eigenvalue weighted by molar-refractivity contribution is 0.548. The second-order valence-corrected chi connectivity index (χ2v) is 5.23. The Labute approximate surface area is 108 Å². The lowest BCUT2D eigenvalue weighted by Crippen LogP contribution is -2.42. The van der Waals surface area contributed by atoms with E-state index in [2.05, 4.69) is 34.0 Å². The third-order valence-corrected chi connectivity index (χ3v) is 3.34. The molecule has 1 aliphatic heterocycles. The molecule has 5 nitrogen and oxygen atoms in total. The van der Waals surface area contributed by atoms with Crippen molar-refractivity contribution in [3.05, 3.63) is 22.2 Å². The monoisotopic (exact) mass is 250 g/mol. The number of aromatic amines is 1. The van der Waals surface area contributed by atoms with Crippen molar-refractivity contribution in [3.8, 4) is 0 Å². The second kappa shape index (κ2) is 5.52. The van der Waals surface area contributed by atoms with Gasteiger partial charge in [0.1, 0.15) is 11.6 Å². The smallest absolute Gasteiger partial charge is 0.252 e. The number of H-pyrrole nitrogens is 1. The molecular formula is C13H22N4O. The highest BCUT2D eigenvalue weighted by molar-refractivity contribution is 5.38. The van der Waals surface area contributed by atoms with Crippen LogP contribution < -0.4 is 15.8 Å². The van der Waals surface area contributed by atoms with Crippen molar-refractivity contribution in [2.24, 2.45) is 0 Å². The van der Waals surface area contributed by atoms with Gasteiger partial charge in [0, 0.05) is 24.7 Å². The van der Waals surface area contributed by atoms with Crippen molar-refractivity contribution in [2.45, 2.75) is 45.7 Å². The molecule has 0 bridgehead atoms. The zero-order chi connectivity index (χ0) is 13.1. The van der Waals surface area contributed by atoms with Gasteiger partial charge in [-0.2, -0.15) is 0 Å². The maximum atomic E-state index is 11.5. The summed E-state index contributed by atoms with van der Waals surface area (Å²) >= 11 is 0. The number of anilines is 1. The van der Waals surface area contributed by atoms with Crippen molar-refractivity contribution in [1.82, 2.24) is 15.3 Å². The largest absolute Gasteiger partial charge is 0.352 e. The molecule has 1 aliphatic rings. The van der Waals surface area contributed by atoms with Crippen LogP contribution in [0.25, 0.3) is 0 Å². The molecule has 2 N–H and O–H groups in total. The average Bonchev–Trinajstić information content (AvgIpc) is 2.76. The van der Waals surface area contributed by atoms with E-state index in [1.54, 1.807) is 6.07 Å². The Morgan fingerprint density at radius 1 is 1.56 bits per heavy atom. The Hall–Kier alpha value is -1.36. The van der Waals surface area contributed by atoms with Gasteiger partial charge >= 0.3 is 0 Å². The number of aryl methyl sites for hydroxylation is 1. The molecule has 2 rings (SSSR count). The molecule has 0 saturated carbocycles. The van der Waals surface area contributed by atoms with E-state index in [9.17, 15) is 4.79 Å². The van der Waals surface area contributed by atoms with Crippen molar-refractivity contribution < 1.29 is 0 Å². The molecule has 1 saturated heterocycles. The van der Waals surface area contributed by atoms with Gasteiger partial charge in [0.05, 0.1) is 0 Å². The Bertz CT molecular complexity index is 449. The zero-order valence-electron chi connectivity index (χ0n) is 11.4. The third-order valence-electron chi connectivity index (χ3n) is 3.34. The first-order valence-corrected chi connectivity index (χ1v) is 6.64. The quantitative estimate of drug-likeness (QED) is 0.838. The maximum absolute atomic E-state index is 11.5. The molecule has 1 fully saturated rings. The predicted octanol–water partition coefficient (Wildman–Crippen LogP) is 1.05. The predicted molar refractivity (Wildman–Crippen MR) is 73.1 cm³/mol. The van der Waals surface area contributed by atoms with Crippen LogP contribution in [0.3, 0.4) is 0 Å². The van der Waals surface area contributed by atoms with Crippen LogP contribution in [0.4, 0.5) is 5.82 Å². The molecule has 1 aromatic rings. The van der Waals surface area contributed by atoms with Crippen molar-refractivity contribution in [2.75, 3.05) is 18.0 Å². The van der Waals surface area contributed by atoms with Crippen molar-refractivity contribution in [3.63, 3.8) is 0 Å². The average molecular weight is 250 g/mol. The van der Waals surface area contributed by atoms with E-state index in [-0.39, 0.29) is 5.56 Å². The Morgan fingerprint density at radius 3 is 2.89 bits per heavy atom. The van der Waals surface area contributed by atoms with Gasteiger partial charge in [-0.15, -0.1) is 0 Å². The first-order valence-electron chi connectivity index (χ1n) is 6.64. The van der Waals surface area contributed by atoms with Gasteiger partial charge in [0.15, 0.2) is 0 Å². The fourth-order valence-corrected chi connectivity index (χ4v) is 2.43. The second-order valence-electron chi connectivity index (χ2n) is 5.23. The van der Waals surface area contributed by atoms with Gasteiger partial charge < -0.3 is 15.2 Å². The molecule has 1 unspecified atom stereocenters. The van der Waals surface area contributed by atoms with Crippen molar-refractivity contribution in [1.29, 1.82) is 0 Å². The van der Waals surface area contributed by atoms with Crippen molar-refractivity contribution >= 4 is 5.82 Å². The zero-order valence-corrected chi connectivity index (χ0v) is 11.4. The highest BCUT2D eigenvalue weighted by Gasteiger charge is 2.21. The number of hydrogen-bond donors (Lipinski definition) is 2. The van der Waals surface area contributed by atoms with Crippen LogP contribution in [0.15, 0.2) is 10.9 Å². The molecule has 5 heteroatoms. The van der Waals surface area contributed by atoms with E-state index in [1.165, 1.54) is 12.8 Å². The minimum absolute atomic E-state index is 0.0810. The van der Waals surface area contributed by atoms with Gasteiger partial charge in [-0.05, 0) is 40.2 Å². The summed E-state index contributed by atoms with van der Waals surface area (Å²) in [7, 11) is 0. The summed E-state index contributed by atoms with van der Waals surface area (Å²) in [5, 5.41) is 3.49. The van der Waals surface area contributed by atoms with E-state index in [1.807, 2.05) is 6.92 Å². The molecule has 2 heterocycles. The summed E-state index contributed by atoms with van der Waals surface area (Å²) in [4.78, 5) is 20.9. The van der Waals surface area contributed by atoms with Crippen LogP contribution in [0.5, 0.6) is 0 Å². The highest BCUT2D eigenvalue weighted by atomic mass is 16.1. The molecule has 18 heavy (non-hydrogen) atoms. The normalized spacial score (nSPS) is 19.4. The molecule has 1 atom stereocenters. The van der Waals surface area contributed by atoms with Crippen LogP contribution in [-0.4, -0.2) is 35.1 Å². The standard InChI is InChI=1S/C13H22N4O/c1-9(2)17(8-11-5-4-6-14-11)12-7-13(18)16-10(3)15-12/h7,9,11,14H,4-6,8H2,1-3H3,(H,15,16,18). The number of aromatic nitrogens is 2. The van der Waals surface area contributed by atoms with Crippen LogP contribution in [-0.2, 0) is 0 Å². The topological polar surface area (TPSA) is 61.0 Å². The third kappa shape index (κ3) is 3.10. The summed E-state index contributed by atoms with van der Waals surface area (Å²) in [5.41, 5.74) is -0.0810. The molecular weight excluding hydrogens is 228 g/mol. The first-order chi connectivity index (χ1) is 8.56. The SMILES string of the molecule is Cc1nc(N(CC2CCCN2)C(C)C)cc(=O)[nH]1. The lowest BCUT2D eigenvalue weighted by atomic mass is 10.2. The summed E-state index contributed by atoms with van der Waals surface area (Å²) < 4.78 is 0. The molecule has 0 amide bonds. The van der Waals surface area contributed by atoms with E-state index in [4.69, 9.17) is 0 Å². The fraction of sp³-hybridized carbons (Fsp3) is 0.692. The van der Waals surface area contributed by atoms with Crippen LogP contribution in [0, 0.1) is 6.92 Å². The van der Waals surface area contributed by atoms with Crippen LogP contribution in [0.1, 0.15) is 32.5 Å². The highest BCUT2D eigenvalue weighted by Crippen LogP contribution is 2.15. The van der Waals surface area contributed by atoms with Gasteiger partial charge in [-0.3, -0.25) is 4.79 Å². The molecule has 0 radical (unpaired) electrons. The minimum Gasteiger partial charge on any atom is -0.352 e. The summed E-state index contributed by atoms with van der Waals surface area (Å²) in [5.74, 6) is 1.45. The molecule has 0 aromatic carbocycles. The molecule has 0 spiro atoms. The fourth-order valence-electron chi connectivity index (χ4n) is 2.43. The summed E-state index contributed by atoms with van der Waals surface area (Å²) in [6, 6.07) is 2.43. The molecule has 0 aliphatic carbocycles. The van der Waals surface area contributed by atoms with Gasteiger partial charge in [0.2, 0.25) is 0 Å². The Morgan fingerprint density at radius 2 is 2.33 bits per heavy atom. The molecule has 100 valence electrons. The summed E-state index contributed by atoms with van der Waals surface area (Å²) in [6.07, 6.45) is 2.43. The first kappa shape index (κ1) is 13.1. The van der Waals surface area contributed by atoms with E-state index < -0.39 is 0 Å². The number of nitrogens with zero attached hydrogens (tertiary/aromatic N) is 2. The number of rotatable bonds is 4. The van der Waals surface area contributed by atoms with Gasteiger partial charge in [-0.1, -0.05) is 0 Å². The van der Waals surface area contributed by atoms with Gasteiger partial charge in [-0.25, -0.2) is 4.98 Å². The van der Waals surface area contributed by atoms with E-state index in [0.29, 0.717) is 17.9 Å². The number of nitrogens with one attached hydrogen (secondary N) is 2. The minimum atomic E-state index is -0.0810. The van der Waals surface area contributed by atoms with Crippen LogP contribution in [0.2, 0.25) is 0 Å². The Balaban J connectivity index is 2.20. The summed E-state index contributed by atoms with van der Waals surface area (Å²) in [6.45, 7) is 8.09. The number of hydrogen-bond acceptors (Lipinski definition) is 4. The molecule has 1 aromatic heterocycles. The van der Waals surface area contributed by atoms with Gasteiger partial charge in [0.25, 0.3) is 5.56 Å². The van der Waals surface area contributed by atoms with E-state index >= 15 is 0 Å². The van der Waals surface area contributed by atoms with Crippen LogP contribution >= 0.6 is 0 Å². The van der Waals surface area contributed by atoms with E-state index in [0.717, 1.165) is 18.9 Å².